The first-order valence-corrected chi connectivity index (χ1v) is 16.0. The average molecular weight is 627 g/mol. The van der Waals surface area contributed by atoms with Gasteiger partial charge in [0.2, 0.25) is 0 Å². The molecule has 1 unspecified atom stereocenters. The number of piperazine rings is 1. The lowest BCUT2D eigenvalue weighted by molar-refractivity contribution is 0.107. The maximum Gasteiger partial charge on any atom is 0.319 e. The summed E-state index contributed by atoms with van der Waals surface area (Å²) in [7, 11) is 0. The molecule has 0 aliphatic carbocycles. The molecule has 8 nitrogen and oxygen atoms in total. The van der Waals surface area contributed by atoms with Gasteiger partial charge in [0.25, 0.3) is 0 Å². The van der Waals surface area contributed by atoms with E-state index in [4.69, 9.17) is 26.6 Å². The topological polar surface area (TPSA) is 88.8 Å². The van der Waals surface area contributed by atoms with Crippen LogP contribution in [0.2, 0.25) is 0 Å². The molecular formula is C35H33F3N6O2. The molecule has 5 atom stereocenters. The highest BCUT2D eigenvalue weighted by Gasteiger charge is 2.50. The largest absolute Gasteiger partial charge is 0.491 e. The van der Waals surface area contributed by atoms with Gasteiger partial charge in [0, 0.05) is 48.2 Å². The second kappa shape index (κ2) is 10.1. The van der Waals surface area contributed by atoms with Gasteiger partial charge in [0.1, 0.15) is 42.3 Å². The van der Waals surface area contributed by atoms with E-state index in [1.165, 1.54) is 6.07 Å². The van der Waals surface area contributed by atoms with Crippen LogP contribution in [0.15, 0.2) is 30.3 Å². The third kappa shape index (κ3) is 4.09. The smallest absolute Gasteiger partial charge is 0.319 e. The van der Waals surface area contributed by atoms with Crippen molar-refractivity contribution in [2.24, 2.45) is 0 Å². The van der Waals surface area contributed by atoms with Crippen LogP contribution in [-0.4, -0.2) is 77.6 Å². The van der Waals surface area contributed by atoms with Crippen LogP contribution in [-0.2, 0) is 0 Å². The zero-order valence-corrected chi connectivity index (χ0v) is 25.2. The molecule has 236 valence electrons. The highest BCUT2D eigenvalue weighted by atomic mass is 19.1. The highest BCUT2D eigenvalue weighted by molar-refractivity contribution is 6.06. The van der Waals surface area contributed by atoms with Crippen molar-refractivity contribution in [3.63, 3.8) is 0 Å². The number of rotatable bonds is 4. The Bertz CT molecular complexity index is 1980. The van der Waals surface area contributed by atoms with Gasteiger partial charge >= 0.3 is 6.01 Å². The predicted octanol–water partition coefficient (Wildman–Crippen LogP) is 4.95. The molecule has 0 radical (unpaired) electrons. The quantitative estimate of drug-likeness (QED) is 0.243. The Balaban J connectivity index is 1.25. The Hall–Kier alpha value is -4.27. The van der Waals surface area contributed by atoms with Crippen molar-refractivity contribution in [2.45, 2.75) is 61.9 Å². The lowest BCUT2D eigenvalue weighted by Crippen LogP contribution is -2.60. The van der Waals surface area contributed by atoms with E-state index in [2.05, 4.69) is 26.0 Å². The van der Waals surface area contributed by atoms with Gasteiger partial charge < -0.3 is 25.4 Å². The maximum atomic E-state index is 17.1. The fraction of sp³-hybridized carbons (Fsp3) is 0.429. The molecule has 4 aromatic rings. The number of halogens is 3. The first kappa shape index (κ1) is 28.0. The molecule has 4 saturated heterocycles. The van der Waals surface area contributed by atoms with Gasteiger partial charge in [-0.3, -0.25) is 4.90 Å². The molecule has 1 aromatic heterocycles. The van der Waals surface area contributed by atoms with E-state index in [9.17, 15) is 8.78 Å². The molecule has 3 N–H and O–H groups in total. The maximum absolute atomic E-state index is 17.1. The fourth-order valence-corrected chi connectivity index (χ4v) is 8.77. The third-order valence-corrected chi connectivity index (χ3v) is 10.8. The number of benzene rings is 3. The van der Waals surface area contributed by atoms with E-state index < -0.39 is 23.3 Å². The molecule has 9 rings (SSSR count). The average Bonchev–Trinajstić information content (AvgIpc) is 3.68. The van der Waals surface area contributed by atoms with Gasteiger partial charge in [-0.15, -0.1) is 6.42 Å². The van der Waals surface area contributed by atoms with E-state index in [0.29, 0.717) is 65.1 Å². The summed E-state index contributed by atoms with van der Waals surface area (Å²) in [6, 6.07) is 8.26. The minimum absolute atomic E-state index is 0.0218. The summed E-state index contributed by atoms with van der Waals surface area (Å²) in [4.78, 5) is 14.0. The van der Waals surface area contributed by atoms with E-state index in [1.54, 1.807) is 24.3 Å². The van der Waals surface area contributed by atoms with E-state index in [1.807, 2.05) is 0 Å². The van der Waals surface area contributed by atoms with Crippen molar-refractivity contribution >= 4 is 33.2 Å². The Morgan fingerprint density at radius 2 is 2.02 bits per heavy atom. The molecule has 6 heterocycles. The van der Waals surface area contributed by atoms with Gasteiger partial charge in [-0.1, -0.05) is 12.0 Å². The SMILES string of the molecule is C#Cc1c(F)ccc2cc(N)cc(-c3cc4c5c(nc(OC[C@@]67CCCN6C[C@H](F)C7)nc5c3F)N3CC5CC[C@@H](N5)[C@H]3CO4)c12. The number of ether oxygens (including phenoxy) is 2. The van der Waals surface area contributed by atoms with E-state index >= 15 is 4.39 Å². The Morgan fingerprint density at radius 1 is 1.13 bits per heavy atom. The van der Waals surface area contributed by atoms with Crippen LogP contribution in [0.4, 0.5) is 24.7 Å². The number of nitrogens with zero attached hydrogens (tertiary/aromatic N) is 4. The van der Waals surface area contributed by atoms with Gasteiger partial charge in [0.05, 0.1) is 22.5 Å². The van der Waals surface area contributed by atoms with Crippen LogP contribution >= 0.6 is 0 Å². The number of nitrogens with one attached hydrogen (secondary N) is 1. The van der Waals surface area contributed by atoms with Crippen LogP contribution in [0.3, 0.4) is 0 Å². The Morgan fingerprint density at radius 3 is 2.89 bits per heavy atom. The van der Waals surface area contributed by atoms with Crippen molar-refractivity contribution in [3.05, 3.63) is 47.5 Å². The molecule has 5 aliphatic rings. The van der Waals surface area contributed by atoms with Crippen LogP contribution in [0.25, 0.3) is 32.8 Å². The molecule has 2 bridgehead atoms. The second-order valence-corrected chi connectivity index (χ2v) is 13.5. The number of aromatic nitrogens is 2. The molecule has 11 heteroatoms. The molecule has 46 heavy (non-hydrogen) atoms. The summed E-state index contributed by atoms with van der Waals surface area (Å²) in [6.07, 6.45) is 9.08. The van der Waals surface area contributed by atoms with Crippen LogP contribution in [0.1, 0.15) is 37.7 Å². The number of hydrogen-bond acceptors (Lipinski definition) is 8. The first-order chi connectivity index (χ1) is 22.3. The molecular weight excluding hydrogens is 593 g/mol. The number of nitrogen functional groups attached to an aromatic ring is 1. The molecule has 3 aromatic carbocycles. The highest BCUT2D eigenvalue weighted by Crippen LogP contribution is 2.47. The van der Waals surface area contributed by atoms with Crippen molar-refractivity contribution in [3.8, 4) is 35.2 Å². The van der Waals surface area contributed by atoms with Gasteiger partial charge in [-0.05, 0) is 67.4 Å². The van der Waals surface area contributed by atoms with Crippen molar-refractivity contribution in [1.29, 1.82) is 0 Å². The van der Waals surface area contributed by atoms with Crippen LogP contribution in [0, 0.1) is 24.0 Å². The minimum Gasteiger partial charge on any atom is -0.491 e. The molecule has 0 amide bonds. The monoisotopic (exact) mass is 626 g/mol. The number of hydrogen-bond donors (Lipinski definition) is 2. The lowest BCUT2D eigenvalue weighted by atomic mass is 9.92. The van der Waals surface area contributed by atoms with Crippen molar-refractivity contribution in [1.82, 2.24) is 20.2 Å². The first-order valence-electron chi connectivity index (χ1n) is 16.0. The lowest BCUT2D eigenvalue weighted by Gasteiger charge is -2.40. The van der Waals surface area contributed by atoms with Gasteiger partial charge in [-0.25, -0.2) is 13.2 Å². The normalized spacial score (nSPS) is 28.2. The zero-order valence-electron chi connectivity index (χ0n) is 25.2. The molecule has 0 saturated carbocycles. The zero-order chi connectivity index (χ0) is 31.3. The number of alkyl halides is 1. The standard InChI is InChI=1S/C35H33F3N6O2/c1-2-22-25(37)6-4-18-10-20(39)11-23(29(18)22)24-12-28-30-32(31(24)38)41-34(46-17-35-8-3-9-43(35)14-19(36)13-35)42-33(30)44-15-21-5-7-26(40-21)27(44)16-45-28/h1,4,6,10-12,19,21,26-27,40H,3,5,7-9,13-17,39H2/t19-,21?,26-,27-,35+/m1/s1. The predicted molar refractivity (Wildman–Crippen MR) is 170 cm³/mol. The number of terminal acetylenes is 1. The van der Waals surface area contributed by atoms with Crippen molar-refractivity contribution in [2.75, 3.05) is 43.5 Å². The minimum atomic E-state index is -0.909. The summed E-state index contributed by atoms with van der Waals surface area (Å²) >= 11 is 0. The van der Waals surface area contributed by atoms with E-state index in [0.717, 1.165) is 32.2 Å². The number of fused-ring (bicyclic) bond motifs is 7. The summed E-state index contributed by atoms with van der Waals surface area (Å²) in [5, 5.41) is 5.12. The molecule has 4 fully saturated rings. The van der Waals surface area contributed by atoms with Crippen molar-refractivity contribution < 1.29 is 22.6 Å². The summed E-state index contributed by atoms with van der Waals surface area (Å²) in [5.41, 5.74) is 6.76. The summed E-state index contributed by atoms with van der Waals surface area (Å²) in [5.74, 6) is 2.20. The number of anilines is 2. The Kier molecular flexibility index (Phi) is 6.15. The summed E-state index contributed by atoms with van der Waals surface area (Å²) in [6.45, 7) is 2.47. The molecule has 0 spiro atoms. The van der Waals surface area contributed by atoms with Gasteiger partial charge in [-0.2, -0.15) is 9.97 Å². The van der Waals surface area contributed by atoms with Crippen LogP contribution in [0.5, 0.6) is 11.8 Å². The van der Waals surface area contributed by atoms with Crippen LogP contribution < -0.4 is 25.4 Å². The Labute approximate surface area is 264 Å². The fourth-order valence-electron chi connectivity index (χ4n) is 8.77. The second-order valence-electron chi connectivity index (χ2n) is 13.5. The van der Waals surface area contributed by atoms with E-state index in [-0.39, 0.29) is 47.4 Å². The number of nitrogens with two attached hydrogens (primary N) is 1. The molecule has 5 aliphatic heterocycles. The van der Waals surface area contributed by atoms with Gasteiger partial charge in [0.15, 0.2) is 5.82 Å². The summed E-state index contributed by atoms with van der Waals surface area (Å²) < 4.78 is 59.4. The third-order valence-electron chi connectivity index (χ3n) is 10.8.